The summed E-state index contributed by atoms with van der Waals surface area (Å²) in [7, 11) is 1.64. The molecule has 8 heteroatoms. The molecule has 150 valence electrons. The van der Waals surface area contributed by atoms with Crippen LogP contribution in [-0.2, 0) is 11.3 Å². The van der Waals surface area contributed by atoms with Gasteiger partial charge in [0, 0.05) is 30.0 Å². The van der Waals surface area contributed by atoms with Gasteiger partial charge in [0.15, 0.2) is 0 Å². The molecule has 2 aromatic carbocycles. The summed E-state index contributed by atoms with van der Waals surface area (Å²) < 4.78 is 17.3. The number of benzene rings is 2. The summed E-state index contributed by atoms with van der Waals surface area (Å²) in [6, 6.07) is 13.1. The Kier molecular flexibility index (Phi) is 4.61. The van der Waals surface area contributed by atoms with Crippen LogP contribution in [0.4, 0.5) is 0 Å². The smallest absolute Gasteiger partial charge is 0.266 e. The van der Waals surface area contributed by atoms with Gasteiger partial charge in [-0.25, -0.2) is 4.98 Å². The van der Waals surface area contributed by atoms with E-state index in [1.165, 1.54) is 0 Å². The first-order chi connectivity index (χ1) is 14.6. The molecule has 0 unspecified atom stereocenters. The zero-order valence-electron chi connectivity index (χ0n) is 16.3. The molecule has 0 aliphatic rings. The highest BCUT2D eigenvalue weighted by Crippen LogP contribution is 2.39. The Morgan fingerprint density at radius 3 is 2.60 bits per heavy atom. The summed E-state index contributed by atoms with van der Waals surface area (Å²) in [4.78, 5) is 7.97. The summed E-state index contributed by atoms with van der Waals surface area (Å²) in [5, 5.41) is 10.6. The van der Waals surface area contributed by atoms with Crippen LogP contribution in [0.3, 0.4) is 0 Å². The second kappa shape index (κ2) is 7.44. The van der Waals surface area contributed by atoms with Crippen molar-refractivity contribution in [1.82, 2.24) is 20.2 Å². The molecule has 5 aromatic rings. The SMILES string of the molecule is COCc1c(-c2nnc(C)o2)ncc2[nH]c3cccc(Oc4ccc(Cl)cc4)c3c12. The maximum Gasteiger partial charge on any atom is 0.266 e. The predicted molar refractivity (Wildman–Crippen MR) is 114 cm³/mol. The van der Waals surface area contributed by atoms with E-state index in [0.29, 0.717) is 40.6 Å². The average molecular weight is 421 g/mol. The number of methoxy groups -OCH3 is 1. The number of halogens is 1. The lowest BCUT2D eigenvalue weighted by Gasteiger charge is -2.10. The van der Waals surface area contributed by atoms with Gasteiger partial charge in [-0.05, 0) is 36.4 Å². The van der Waals surface area contributed by atoms with E-state index in [1.54, 1.807) is 32.4 Å². The van der Waals surface area contributed by atoms with Crippen LogP contribution in [0.5, 0.6) is 11.5 Å². The quantitative estimate of drug-likeness (QED) is 0.394. The van der Waals surface area contributed by atoms with Crippen molar-refractivity contribution < 1.29 is 13.9 Å². The van der Waals surface area contributed by atoms with E-state index in [9.17, 15) is 0 Å². The molecule has 30 heavy (non-hydrogen) atoms. The van der Waals surface area contributed by atoms with Crippen molar-refractivity contribution in [2.75, 3.05) is 7.11 Å². The Morgan fingerprint density at radius 1 is 1.03 bits per heavy atom. The maximum absolute atomic E-state index is 6.20. The summed E-state index contributed by atoms with van der Waals surface area (Å²) >= 11 is 6.00. The minimum absolute atomic E-state index is 0.323. The Balaban J connectivity index is 1.76. The van der Waals surface area contributed by atoms with E-state index in [0.717, 1.165) is 27.4 Å². The van der Waals surface area contributed by atoms with E-state index >= 15 is 0 Å². The van der Waals surface area contributed by atoms with E-state index in [1.807, 2.05) is 30.3 Å². The molecule has 0 amide bonds. The maximum atomic E-state index is 6.20. The van der Waals surface area contributed by atoms with Crippen molar-refractivity contribution in [1.29, 1.82) is 0 Å². The van der Waals surface area contributed by atoms with E-state index in [2.05, 4.69) is 20.2 Å². The molecule has 0 atom stereocenters. The van der Waals surface area contributed by atoms with Crippen molar-refractivity contribution in [2.24, 2.45) is 0 Å². The Bertz CT molecular complexity index is 1360. The number of pyridine rings is 1. The molecule has 3 aromatic heterocycles. The third-order valence-electron chi connectivity index (χ3n) is 4.78. The normalized spacial score (nSPS) is 11.4. The van der Waals surface area contributed by atoms with Crippen molar-refractivity contribution >= 4 is 33.4 Å². The monoisotopic (exact) mass is 420 g/mol. The molecule has 3 heterocycles. The molecule has 0 saturated heterocycles. The van der Waals surface area contributed by atoms with Gasteiger partial charge >= 0.3 is 0 Å². The number of ether oxygens (including phenoxy) is 2. The van der Waals surface area contributed by atoms with Gasteiger partial charge in [-0.1, -0.05) is 17.7 Å². The summed E-state index contributed by atoms with van der Waals surface area (Å²) in [5.41, 5.74) is 3.22. The number of rotatable bonds is 5. The minimum Gasteiger partial charge on any atom is -0.457 e. The van der Waals surface area contributed by atoms with Crippen LogP contribution in [-0.4, -0.2) is 27.3 Å². The number of hydrogen-bond donors (Lipinski definition) is 1. The minimum atomic E-state index is 0.323. The molecule has 5 rings (SSSR count). The van der Waals surface area contributed by atoms with Gasteiger partial charge in [0.25, 0.3) is 5.89 Å². The number of nitrogens with zero attached hydrogens (tertiary/aromatic N) is 3. The average Bonchev–Trinajstić information content (AvgIpc) is 3.34. The Labute approximate surface area is 176 Å². The van der Waals surface area contributed by atoms with Crippen LogP contribution < -0.4 is 4.74 Å². The molecule has 0 aliphatic heterocycles. The van der Waals surface area contributed by atoms with Crippen LogP contribution in [0.15, 0.2) is 53.1 Å². The fourth-order valence-corrected chi connectivity index (χ4v) is 3.67. The highest BCUT2D eigenvalue weighted by Gasteiger charge is 2.21. The molecule has 0 bridgehead atoms. The first kappa shape index (κ1) is 18.6. The molecular weight excluding hydrogens is 404 g/mol. The van der Waals surface area contributed by atoms with E-state index < -0.39 is 0 Å². The number of nitrogens with one attached hydrogen (secondary N) is 1. The first-order valence-electron chi connectivity index (χ1n) is 9.29. The molecule has 0 spiro atoms. The van der Waals surface area contributed by atoms with Gasteiger partial charge in [-0.3, -0.25) is 0 Å². The van der Waals surface area contributed by atoms with E-state index in [-0.39, 0.29) is 0 Å². The standard InChI is InChI=1S/C22H17ClN4O3/c1-12-26-27-22(29-12)21-15(11-28-2)19-17(10-24-21)25-16-4-3-5-18(20(16)19)30-14-8-6-13(23)7-9-14/h3-10,25H,11H2,1-2H3. The highest BCUT2D eigenvalue weighted by atomic mass is 35.5. The van der Waals surface area contributed by atoms with Gasteiger partial charge < -0.3 is 18.9 Å². The lowest BCUT2D eigenvalue weighted by atomic mass is 10.0. The van der Waals surface area contributed by atoms with Crippen LogP contribution >= 0.6 is 11.6 Å². The first-order valence-corrected chi connectivity index (χ1v) is 9.67. The van der Waals surface area contributed by atoms with Crippen molar-refractivity contribution in [3.05, 3.63) is 65.1 Å². The second-order valence-electron chi connectivity index (χ2n) is 6.79. The second-order valence-corrected chi connectivity index (χ2v) is 7.23. The lowest BCUT2D eigenvalue weighted by molar-refractivity contribution is 0.186. The third kappa shape index (κ3) is 3.18. The number of hydrogen-bond acceptors (Lipinski definition) is 6. The van der Waals surface area contributed by atoms with Crippen molar-refractivity contribution in [3.8, 4) is 23.1 Å². The zero-order valence-corrected chi connectivity index (χ0v) is 17.0. The Hall–Kier alpha value is -3.42. The molecule has 0 saturated carbocycles. The zero-order chi connectivity index (χ0) is 20.7. The number of fused-ring (bicyclic) bond motifs is 3. The van der Waals surface area contributed by atoms with Crippen LogP contribution in [0.1, 0.15) is 11.5 Å². The largest absolute Gasteiger partial charge is 0.457 e. The fraction of sp³-hybridized carbons (Fsp3) is 0.136. The number of aromatic amines is 1. The molecular formula is C22H17ClN4O3. The van der Waals surface area contributed by atoms with Crippen molar-refractivity contribution in [2.45, 2.75) is 13.5 Å². The van der Waals surface area contributed by atoms with Gasteiger partial charge in [-0.15, -0.1) is 10.2 Å². The number of H-pyrrole nitrogens is 1. The van der Waals surface area contributed by atoms with Crippen LogP contribution in [0, 0.1) is 6.92 Å². The lowest BCUT2D eigenvalue weighted by Crippen LogP contribution is -1.97. The van der Waals surface area contributed by atoms with Gasteiger partial charge in [-0.2, -0.15) is 0 Å². The van der Waals surface area contributed by atoms with Crippen LogP contribution in [0.25, 0.3) is 33.4 Å². The van der Waals surface area contributed by atoms with Gasteiger partial charge in [0.2, 0.25) is 5.89 Å². The molecule has 7 nitrogen and oxygen atoms in total. The van der Waals surface area contributed by atoms with Crippen molar-refractivity contribution in [3.63, 3.8) is 0 Å². The molecule has 1 N–H and O–H groups in total. The molecule has 0 fully saturated rings. The third-order valence-corrected chi connectivity index (χ3v) is 5.04. The Morgan fingerprint density at radius 2 is 1.87 bits per heavy atom. The molecule has 0 aliphatic carbocycles. The summed E-state index contributed by atoms with van der Waals surface area (Å²) in [6.45, 7) is 2.07. The van der Waals surface area contributed by atoms with Crippen LogP contribution in [0.2, 0.25) is 5.02 Å². The van der Waals surface area contributed by atoms with Gasteiger partial charge in [0.1, 0.15) is 17.2 Å². The fourth-order valence-electron chi connectivity index (χ4n) is 3.55. The topological polar surface area (TPSA) is 86.1 Å². The summed E-state index contributed by atoms with van der Waals surface area (Å²) in [5.74, 6) is 2.22. The highest BCUT2D eigenvalue weighted by molar-refractivity contribution is 6.30. The number of aryl methyl sites for hydroxylation is 1. The van der Waals surface area contributed by atoms with E-state index in [4.69, 9.17) is 25.5 Å². The molecule has 0 radical (unpaired) electrons. The number of aromatic nitrogens is 4. The predicted octanol–water partition coefficient (Wildman–Crippen LogP) is 5.67. The van der Waals surface area contributed by atoms with Gasteiger partial charge in [0.05, 0.1) is 29.2 Å². The summed E-state index contributed by atoms with van der Waals surface area (Å²) in [6.07, 6.45) is 1.76.